The molecule has 0 spiro atoms. The number of nitrogens with one attached hydrogen (secondary N) is 1. The maximum absolute atomic E-state index is 13.7. The number of amides is 1. The first-order valence-corrected chi connectivity index (χ1v) is 7.78. The topological polar surface area (TPSA) is 55.1 Å². The summed E-state index contributed by atoms with van der Waals surface area (Å²) in [7, 11) is 0. The molecule has 0 saturated carbocycles. The van der Waals surface area contributed by atoms with Crippen molar-refractivity contribution in [2.45, 2.75) is 6.92 Å². The molecule has 4 aromatic rings. The molecule has 114 valence electrons. The van der Waals surface area contributed by atoms with Crippen LogP contribution in [0.5, 0.6) is 0 Å². The van der Waals surface area contributed by atoms with Crippen molar-refractivity contribution in [1.29, 1.82) is 0 Å². The van der Waals surface area contributed by atoms with Gasteiger partial charge in [-0.15, -0.1) is 11.3 Å². The van der Waals surface area contributed by atoms with E-state index in [1.165, 1.54) is 17.4 Å². The minimum Gasteiger partial charge on any atom is -0.441 e. The average molecular weight is 326 g/mol. The van der Waals surface area contributed by atoms with Crippen LogP contribution in [0.2, 0.25) is 0 Å². The van der Waals surface area contributed by atoms with Crippen molar-refractivity contribution in [1.82, 2.24) is 4.98 Å². The van der Waals surface area contributed by atoms with Crippen molar-refractivity contribution >= 4 is 44.1 Å². The van der Waals surface area contributed by atoms with E-state index in [1.807, 2.05) is 0 Å². The Balaban J connectivity index is 1.65. The van der Waals surface area contributed by atoms with Gasteiger partial charge >= 0.3 is 0 Å². The van der Waals surface area contributed by atoms with E-state index in [2.05, 4.69) is 10.3 Å². The molecule has 0 aliphatic rings. The molecule has 1 amide bonds. The summed E-state index contributed by atoms with van der Waals surface area (Å²) in [5.41, 5.74) is 1.97. The van der Waals surface area contributed by atoms with Crippen LogP contribution >= 0.6 is 11.3 Å². The quantitative estimate of drug-likeness (QED) is 0.579. The number of halogens is 1. The fourth-order valence-corrected chi connectivity index (χ4v) is 3.42. The molecule has 0 radical (unpaired) electrons. The second-order valence-corrected chi connectivity index (χ2v) is 6.22. The summed E-state index contributed by atoms with van der Waals surface area (Å²) in [5.74, 6) is -0.0223. The van der Waals surface area contributed by atoms with Gasteiger partial charge in [0.1, 0.15) is 11.3 Å². The van der Waals surface area contributed by atoms with Crippen molar-refractivity contribution in [2.75, 3.05) is 5.32 Å². The molecule has 0 saturated heterocycles. The van der Waals surface area contributed by atoms with Crippen molar-refractivity contribution in [3.05, 3.63) is 59.0 Å². The molecule has 2 heterocycles. The summed E-state index contributed by atoms with van der Waals surface area (Å²) >= 11 is 1.26. The van der Waals surface area contributed by atoms with Gasteiger partial charge in [0.25, 0.3) is 5.91 Å². The lowest BCUT2D eigenvalue weighted by atomic mass is 10.2. The standard InChI is InChI=1S/C17H11FN2O2S/c1-9-19-13-7-10(5-6-14(13)22-9)20-17(21)16-8-11-12(18)3-2-4-15(11)23-16/h2-8H,1H3,(H,20,21). The SMILES string of the molecule is Cc1nc2cc(NC(=O)c3cc4c(F)cccc4s3)ccc2o1. The first-order valence-electron chi connectivity index (χ1n) is 6.97. The summed E-state index contributed by atoms with van der Waals surface area (Å²) in [6.07, 6.45) is 0. The van der Waals surface area contributed by atoms with Crippen molar-refractivity contribution in [2.24, 2.45) is 0 Å². The lowest BCUT2D eigenvalue weighted by molar-refractivity contribution is 0.103. The van der Waals surface area contributed by atoms with E-state index in [9.17, 15) is 9.18 Å². The highest BCUT2D eigenvalue weighted by atomic mass is 32.1. The third kappa shape index (κ3) is 2.47. The second kappa shape index (κ2) is 5.17. The van der Waals surface area contributed by atoms with Gasteiger partial charge in [0.2, 0.25) is 0 Å². The minimum atomic E-state index is -0.322. The van der Waals surface area contributed by atoms with Gasteiger partial charge in [0.15, 0.2) is 11.5 Å². The highest BCUT2D eigenvalue weighted by Crippen LogP contribution is 2.28. The number of anilines is 1. The molecule has 0 bridgehead atoms. The van der Waals surface area contributed by atoms with E-state index in [-0.39, 0.29) is 11.7 Å². The van der Waals surface area contributed by atoms with Crippen LogP contribution in [0.3, 0.4) is 0 Å². The molecule has 4 nitrogen and oxygen atoms in total. The lowest BCUT2D eigenvalue weighted by Gasteiger charge is -2.02. The van der Waals surface area contributed by atoms with Crippen LogP contribution in [0.25, 0.3) is 21.2 Å². The van der Waals surface area contributed by atoms with Crippen molar-refractivity contribution in [3.63, 3.8) is 0 Å². The zero-order chi connectivity index (χ0) is 16.0. The Morgan fingerprint density at radius 1 is 1.26 bits per heavy atom. The van der Waals surface area contributed by atoms with Crippen molar-refractivity contribution < 1.29 is 13.6 Å². The summed E-state index contributed by atoms with van der Waals surface area (Å²) in [4.78, 5) is 17.1. The predicted octanol–water partition coefficient (Wildman–Crippen LogP) is 4.74. The van der Waals surface area contributed by atoms with Gasteiger partial charge in [0, 0.05) is 22.7 Å². The van der Waals surface area contributed by atoms with E-state index in [1.54, 1.807) is 43.3 Å². The number of thiophene rings is 1. The van der Waals surface area contributed by atoms with Crippen LogP contribution in [0, 0.1) is 12.7 Å². The summed E-state index contributed by atoms with van der Waals surface area (Å²) in [6.45, 7) is 1.77. The molecule has 0 aliphatic heterocycles. The number of carbonyl (C=O) groups excluding carboxylic acids is 1. The lowest BCUT2D eigenvalue weighted by Crippen LogP contribution is -2.09. The van der Waals surface area contributed by atoms with Crippen LogP contribution in [-0.2, 0) is 0 Å². The van der Waals surface area contributed by atoms with Gasteiger partial charge in [-0.05, 0) is 36.4 Å². The molecule has 23 heavy (non-hydrogen) atoms. The molecule has 1 N–H and O–H groups in total. The number of fused-ring (bicyclic) bond motifs is 2. The molecule has 0 aliphatic carbocycles. The predicted molar refractivity (Wildman–Crippen MR) is 88.5 cm³/mol. The molecular weight excluding hydrogens is 315 g/mol. The molecule has 0 unspecified atom stereocenters. The Bertz CT molecular complexity index is 1050. The maximum atomic E-state index is 13.7. The van der Waals surface area contributed by atoms with Gasteiger partial charge in [-0.25, -0.2) is 9.37 Å². The number of hydrogen-bond acceptors (Lipinski definition) is 4. The van der Waals surface area contributed by atoms with E-state index in [4.69, 9.17) is 4.42 Å². The highest BCUT2D eigenvalue weighted by Gasteiger charge is 2.13. The van der Waals surface area contributed by atoms with Crippen LogP contribution in [-0.4, -0.2) is 10.9 Å². The molecule has 2 aromatic heterocycles. The van der Waals surface area contributed by atoms with Crippen molar-refractivity contribution in [3.8, 4) is 0 Å². The zero-order valence-electron chi connectivity index (χ0n) is 12.1. The Morgan fingerprint density at radius 2 is 2.13 bits per heavy atom. The monoisotopic (exact) mass is 326 g/mol. The Hall–Kier alpha value is -2.73. The van der Waals surface area contributed by atoms with Gasteiger partial charge in [-0.2, -0.15) is 0 Å². The Labute approximate surface area is 134 Å². The van der Waals surface area contributed by atoms with Crippen LogP contribution in [0.1, 0.15) is 15.6 Å². The summed E-state index contributed by atoms with van der Waals surface area (Å²) in [6, 6.07) is 11.6. The van der Waals surface area contributed by atoms with Gasteiger partial charge in [-0.3, -0.25) is 4.79 Å². The van der Waals surface area contributed by atoms with E-state index in [0.717, 1.165) is 4.70 Å². The Morgan fingerprint density at radius 3 is 2.96 bits per heavy atom. The number of nitrogens with zero attached hydrogens (tertiary/aromatic N) is 1. The molecular formula is C17H11FN2O2S. The molecule has 6 heteroatoms. The first-order chi connectivity index (χ1) is 11.1. The molecule has 0 atom stereocenters. The highest BCUT2D eigenvalue weighted by molar-refractivity contribution is 7.20. The normalized spacial score (nSPS) is 11.2. The van der Waals surface area contributed by atoms with E-state index in [0.29, 0.717) is 32.9 Å². The van der Waals surface area contributed by atoms with Gasteiger partial charge in [0.05, 0.1) is 4.88 Å². The third-order valence-corrected chi connectivity index (χ3v) is 4.58. The van der Waals surface area contributed by atoms with E-state index >= 15 is 0 Å². The number of rotatable bonds is 2. The minimum absolute atomic E-state index is 0.273. The first kappa shape index (κ1) is 13.9. The summed E-state index contributed by atoms with van der Waals surface area (Å²) < 4.78 is 19.9. The number of aromatic nitrogens is 1. The number of aryl methyl sites for hydroxylation is 1. The fraction of sp³-hybridized carbons (Fsp3) is 0.0588. The van der Waals surface area contributed by atoms with Gasteiger partial charge in [-0.1, -0.05) is 6.07 Å². The molecule has 4 rings (SSSR count). The van der Waals surface area contributed by atoms with Crippen LogP contribution in [0.15, 0.2) is 46.9 Å². The smallest absolute Gasteiger partial charge is 0.265 e. The number of hydrogen-bond donors (Lipinski definition) is 1. The fourth-order valence-electron chi connectivity index (χ4n) is 2.45. The van der Waals surface area contributed by atoms with Crippen LogP contribution in [0.4, 0.5) is 10.1 Å². The van der Waals surface area contributed by atoms with Crippen LogP contribution < -0.4 is 5.32 Å². The van der Waals surface area contributed by atoms with Gasteiger partial charge < -0.3 is 9.73 Å². The number of oxazole rings is 1. The summed E-state index contributed by atoms with van der Waals surface area (Å²) in [5, 5.41) is 3.27. The molecule has 2 aromatic carbocycles. The average Bonchev–Trinajstić information content (AvgIpc) is 3.10. The molecule has 0 fully saturated rings. The Kier molecular flexibility index (Phi) is 3.12. The maximum Gasteiger partial charge on any atom is 0.265 e. The van der Waals surface area contributed by atoms with E-state index < -0.39 is 0 Å². The zero-order valence-corrected chi connectivity index (χ0v) is 12.9. The largest absolute Gasteiger partial charge is 0.441 e. The number of benzene rings is 2. The number of carbonyl (C=O) groups is 1. The third-order valence-electron chi connectivity index (χ3n) is 3.48. The second-order valence-electron chi connectivity index (χ2n) is 5.13.